The molecule has 0 bridgehead atoms. The van der Waals surface area contributed by atoms with Crippen molar-refractivity contribution >= 4 is 49.1 Å². The molecule has 0 radical (unpaired) electrons. The van der Waals surface area contributed by atoms with Crippen LogP contribution in [-0.2, 0) is 6.42 Å². The highest BCUT2D eigenvalue weighted by molar-refractivity contribution is 6.28. The smallest absolute Gasteiger partial charge is 0.130 e. The molecule has 3 atom stereocenters. The Morgan fingerprint density at radius 3 is 2.21 bits per heavy atom. The van der Waals surface area contributed by atoms with Gasteiger partial charge in [-0.3, -0.25) is 4.99 Å². The molecule has 1 aromatic heterocycles. The second-order valence-electron chi connectivity index (χ2n) is 17.2. The molecule has 5 aliphatic rings. The lowest BCUT2D eigenvalue weighted by Gasteiger charge is -2.33. The molecule has 2 nitrogen and oxygen atoms in total. The molecular formula is C56H38N2. The minimum absolute atomic E-state index is 0.123. The Kier molecular flexibility index (Phi) is 6.05. The number of hydrogen-bond acceptors (Lipinski definition) is 1. The largest absolute Gasteiger partial charge is 0.317 e. The molecule has 0 amide bonds. The van der Waals surface area contributed by atoms with Crippen molar-refractivity contribution in [3.05, 3.63) is 202 Å². The first kappa shape index (κ1) is 31.3. The van der Waals surface area contributed by atoms with Crippen LogP contribution in [0.5, 0.6) is 0 Å². The SMILES string of the molecule is CC1CC=CC2=C1C(c1cccc3c1Cc1ccccc1-3)=NC(n1c3cc4ccccc4cc3c3c4c(c5ccccc5c31)C1c3ccccc3-c3cccc-4c31)C2. The Balaban J connectivity index is 1.11. The molecule has 0 N–H and O–H groups in total. The lowest BCUT2D eigenvalue weighted by Crippen LogP contribution is -2.25. The van der Waals surface area contributed by atoms with Gasteiger partial charge in [0.15, 0.2) is 0 Å². The van der Waals surface area contributed by atoms with Crippen molar-refractivity contribution in [1.82, 2.24) is 4.57 Å². The fourth-order valence-electron chi connectivity index (χ4n) is 12.1. The second kappa shape index (κ2) is 11.2. The van der Waals surface area contributed by atoms with Crippen molar-refractivity contribution in [2.75, 3.05) is 0 Å². The number of nitrogens with zero attached hydrogens (tertiary/aromatic N) is 2. The summed E-state index contributed by atoms with van der Waals surface area (Å²) >= 11 is 0. The van der Waals surface area contributed by atoms with Gasteiger partial charge in [0.05, 0.1) is 16.7 Å². The number of dihydropyridines is 1. The van der Waals surface area contributed by atoms with Gasteiger partial charge in [-0.05, 0) is 119 Å². The van der Waals surface area contributed by atoms with Gasteiger partial charge in [-0.25, -0.2) is 0 Å². The van der Waals surface area contributed by atoms with Crippen LogP contribution in [0.15, 0.2) is 174 Å². The summed E-state index contributed by atoms with van der Waals surface area (Å²) in [5, 5.41) is 7.90. The predicted octanol–water partition coefficient (Wildman–Crippen LogP) is 14.1. The first-order chi connectivity index (χ1) is 28.7. The first-order valence-electron chi connectivity index (χ1n) is 21.0. The van der Waals surface area contributed by atoms with Crippen LogP contribution in [0.2, 0.25) is 0 Å². The van der Waals surface area contributed by atoms with E-state index in [0.29, 0.717) is 5.92 Å². The van der Waals surface area contributed by atoms with Crippen LogP contribution in [0.4, 0.5) is 0 Å². The summed E-state index contributed by atoms with van der Waals surface area (Å²) in [5.74, 6) is 0.623. The summed E-state index contributed by atoms with van der Waals surface area (Å²) in [6, 6.07) is 55.2. The third-order valence-electron chi connectivity index (χ3n) is 14.4. The van der Waals surface area contributed by atoms with Crippen LogP contribution in [0.25, 0.3) is 76.7 Å². The third kappa shape index (κ3) is 3.91. The zero-order valence-electron chi connectivity index (χ0n) is 32.3. The highest BCUT2D eigenvalue weighted by Crippen LogP contribution is 2.62. The molecule has 0 saturated heterocycles. The van der Waals surface area contributed by atoms with Crippen LogP contribution in [-0.4, -0.2) is 10.3 Å². The van der Waals surface area contributed by atoms with E-state index < -0.39 is 0 Å². The zero-order valence-corrected chi connectivity index (χ0v) is 32.3. The Morgan fingerprint density at radius 1 is 0.603 bits per heavy atom. The molecule has 1 aliphatic heterocycles. The average molecular weight is 739 g/mol. The summed E-state index contributed by atoms with van der Waals surface area (Å²) in [6.45, 7) is 2.40. The summed E-state index contributed by atoms with van der Waals surface area (Å²) in [7, 11) is 0. The molecule has 58 heavy (non-hydrogen) atoms. The molecule has 3 unspecified atom stereocenters. The molecule has 8 aromatic carbocycles. The fraction of sp³-hybridized carbons (Fsp3) is 0.125. The van der Waals surface area contributed by atoms with Crippen LogP contribution >= 0.6 is 0 Å². The topological polar surface area (TPSA) is 17.3 Å². The van der Waals surface area contributed by atoms with Crippen molar-refractivity contribution < 1.29 is 0 Å². The molecule has 2 heteroatoms. The molecule has 14 rings (SSSR count). The van der Waals surface area contributed by atoms with E-state index in [2.05, 4.69) is 169 Å². The molecule has 2 heterocycles. The molecule has 9 aromatic rings. The van der Waals surface area contributed by atoms with E-state index in [9.17, 15) is 0 Å². The number of aromatic nitrogens is 1. The van der Waals surface area contributed by atoms with Crippen LogP contribution < -0.4 is 0 Å². The Hall–Kier alpha value is -6.77. The maximum Gasteiger partial charge on any atom is 0.130 e. The minimum Gasteiger partial charge on any atom is -0.317 e. The van der Waals surface area contributed by atoms with Gasteiger partial charge in [0.1, 0.15) is 6.17 Å². The van der Waals surface area contributed by atoms with Gasteiger partial charge in [0, 0.05) is 34.1 Å². The van der Waals surface area contributed by atoms with Crippen molar-refractivity contribution in [2.24, 2.45) is 10.9 Å². The van der Waals surface area contributed by atoms with Crippen molar-refractivity contribution in [3.8, 4) is 33.4 Å². The first-order valence-corrected chi connectivity index (χ1v) is 21.0. The fourth-order valence-corrected chi connectivity index (χ4v) is 12.1. The molecular weight excluding hydrogens is 701 g/mol. The van der Waals surface area contributed by atoms with Crippen LogP contribution in [0.3, 0.4) is 0 Å². The summed E-state index contributed by atoms with van der Waals surface area (Å²) in [5.41, 5.74) is 23.4. The maximum absolute atomic E-state index is 6.05. The molecule has 0 fully saturated rings. The Bertz CT molecular complexity index is 3460. The lowest BCUT2D eigenvalue weighted by atomic mass is 9.79. The Labute approximate surface area is 337 Å². The van der Waals surface area contributed by atoms with Crippen LogP contribution in [0, 0.1) is 5.92 Å². The second-order valence-corrected chi connectivity index (χ2v) is 17.2. The summed E-state index contributed by atoms with van der Waals surface area (Å²) in [6.07, 6.45) is 7.57. The van der Waals surface area contributed by atoms with Gasteiger partial charge in [-0.2, -0.15) is 0 Å². The van der Waals surface area contributed by atoms with Gasteiger partial charge >= 0.3 is 0 Å². The number of allylic oxidation sites excluding steroid dienone is 3. The van der Waals surface area contributed by atoms with E-state index in [-0.39, 0.29) is 12.1 Å². The third-order valence-corrected chi connectivity index (χ3v) is 14.4. The van der Waals surface area contributed by atoms with E-state index in [4.69, 9.17) is 4.99 Å². The van der Waals surface area contributed by atoms with E-state index in [1.165, 1.54) is 127 Å². The van der Waals surface area contributed by atoms with Crippen LogP contribution in [0.1, 0.15) is 65.2 Å². The van der Waals surface area contributed by atoms with Gasteiger partial charge in [0.25, 0.3) is 0 Å². The summed E-state index contributed by atoms with van der Waals surface area (Å²) in [4.78, 5) is 6.05. The molecule has 272 valence electrons. The number of rotatable bonds is 2. The molecule has 0 spiro atoms. The van der Waals surface area contributed by atoms with E-state index in [0.717, 1.165) is 19.3 Å². The highest BCUT2D eigenvalue weighted by Gasteiger charge is 2.42. The number of benzene rings is 8. The predicted molar refractivity (Wildman–Crippen MR) is 241 cm³/mol. The zero-order chi connectivity index (χ0) is 37.8. The monoisotopic (exact) mass is 738 g/mol. The number of fused-ring (bicyclic) bond motifs is 17. The van der Waals surface area contributed by atoms with Crippen molar-refractivity contribution in [2.45, 2.75) is 38.3 Å². The van der Waals surface area contributed by atoms with E-state index in [1.54, 1.807) is 0 Å². The minimum atomic E-state index is -0.123. The standard InChI is InChI=1S/C56H38N2/c1-31-13-10-17-35-30-48(57-55(49(31)35)42-25-11-23-37-36-18-5-4-16-34(36)28-45(37)42)58-47-29-33-15-3-2-14-32(33)27-46(47)54-53-44-26-12-24-39-38-19-6-7-20-40(38)51(50(39)44)52(53)41-21-8-9-22-43(41)56(54)58/h2-12,14-27,29,31,48,51H,13,28,30H2,1H3. The van der Waals surface area contributed by atoms with Crippen molar-refractivity contribution in [1.29, 1.82) is 0 Å². The Morgan fingerprint density at radius 2 is 1.31 bits per heavy atom. The summed E-state index contributed by atoms with van der Waals surface area (Å²) < 4.78 is 2.67. The van der Waals surface area contributed by atoms with Gasteiger partial charge < -0.3 is 4.57 Å². The lowest BCUT2D eigenvalue weighted by molar-refractivity contribution is 0.535. The number of hydrogen-bond donors (Lipinski definition) is 0. The average Bonchev–Trinajstić information content (AvgIpc) is 4.01. The normalized spacial score (nSPS) is 19.4. The van der Waals surface area contributed by atoms with E-state index >= 15 is 0 Å². The molecule has 0 saturated carbocycles. The number of aliphatic imine (C=N–C) groups is 1. The van der Waals surface area contributed by atoms with Crippen molar-refractivity contribution in [3.63, 3.8) is 0 Å². The highest BCUT2D eigenvalue weighted by atomic mass is 15.1. The van der Waals surface area contributed by atoms with E-state index in [1.807, 2.05) is 0 Å². The maximum atomic E-state index is 6.05. The van der Waals surface area contributed by atoms with Gasteiger partial charge in [-0.15, -0.1) is 0 Å². The molecule has 4 aliphatic carbocycles. The van der Waals surface area contributed by atoms with Gasteiger partial charge in [-0.1, -0.05) is 153 Å². The quantitative estimate of drug-likeness (QED) is 0.168. The van der Waals surface area contributed by atoms with Gasteiger partial charge in [0.2, 0.25) is 0 Å².